The van der Waals surface area contributed by atoms with Gasteiger partial charge in [0.15, 0.2) is 5.78 Å². The van der Waals surface area contributed by atoms with Gasteiger partial charge in [-0.05, 0) is 55.0 Å². The zero-order valence-corrected chi connectivity index (χ0v) is 23.4. The van der Waals surface area contributed by atoms with Gasteiger partial charge in [-0.2, -0.15) is 0 Å². The number of likely N-dealkylation sites (tertiary alicyclic amines) is 1. The molecule has 1 saturated carbocycles. The van der Waals surface area contributed by atoms with Gasteiger partial charge in [0.25, 0.3) is 0 Å². The van der Waals surface area contributed by atoms with Crippen molar-refractivity contribution < 1.29 is 19.1 Å². The number of nitrogens with two attached hydrogens (primary N) is 1. The highest BCUT2D eigenvalue weighted by atomic mass is 16.5. The van der Waals surface area contributed by atoms with E-state index in [0.717, 1.165) is 69.5 Å². The topological polar surface area (TPSA) is 96.2 Å². The fraction of sp³-hybridized carbons (Fsp3) is 0.700. The second-order valence-electron chi connectivity index (χ2n) is 13.0. The first-order chi connectivity index (χ1) is 18.1. The average molecular weight is 525 g/mol. The number of likely N-dealkylation sites (N-methyl/N-ethyl adjacent to an activating group) is 1. The summed E-state index contributed by atoms with van der Waals surface area (Å²) in [6.45, 7) is 10.7. The van der Waals surface area contributed by atoms with Crippen LogP contribution in [0.1, 0.15) is 74.7 Å². The summed E-state index contributed by atoms with van der Waals surface area (Å²) in [7, 11) is 2.12. The van der Waals surface area contributed by atoms with E-state index in [2.05, 4.69) is 37.6 Å². The van der Waals surface area contributed by atoms with Crippen LogP contribution in [0.25, 0.3) is 0 Å². The van der Waals surface area contributed by atoms with Crippen molar-refractivity contribution in [1.82, 2.24) is 9.80 Å². The minimum atomic E-state index is -0.546. The molecule has 3 aliphatic heterocycles. The molecule has 4 aliphatic rings. The van der Waals surface area contributed by atoms with Crippen molar-refractivity contribution in [3.05, 3.63) is 29.3 Å². The normalized spacial score (nSPS) is 28.0. The Balaban J connectivity index is 1.56. The van der Waals surface area contributed by atoms with Crippen LogP contribution in [0.3, 0.4) is 0 Å². The van der Waals surface area contributed by atoms with Crippen molar-refractivity contribution in [1.29, 1.82) is 0 Å². The van der Waals surface area contributed by atoms with Crippen LogP contribution in [-0.2, 0) is 14.3 Å². The number of primary amides is 1. The van der Waals surface area contributed by atoms with E-state index in [1.54, 1.807) is 0 Å². The van der Waals surface area contributed by atoms with E-state index in [9.17, 15) is 14.4 Å². The van der Waals surface area contributed by atoms with Crippen LogP contribution in [0.15, 0.2) is 18.2 Å². The molecule has 1 aromatic rings. The number of ketones is 1. The Morgan fingerprint density at radius 3 is 2.37 bits per heavy atom. The van der Waals surface area contributed by atoms with Gasteiger partial charge < -0.3 is 25.2 Å². The fourth-order valence-electron chi connectivity index (χ4n) is 7.18. The van der Waals surface area contributed by atoms with Crippen molar-refractivity contribution in [3.8, 4) is 0 Å². The summed E-state index contributed by atoms with van der Waals surface area (Å²) in [5, 5.41) is 0. The van der Waals surface area contributed by atoms with Gasteiger partial charge in [-0.25, -0.2) is 0 Å². The number of piperazine rings is 1. The number of carbonyl (C=O) groups is 3. The Bertz CT molecular complexity index is 1070. The van der Waals surface area contributed by atoms with Gasteiger partial charge >= 0.3 is 0 Å². The number of nitrogens with zero attached hydrogens (tertiary/aromatic N) is 3. The number of anilines is 1. The third kappa shape index (κ3) is 5.09. The summed E-state index contributed by atoms with van der Waals surface area (Å²) < 4.78 is 5.98. The van der Waals surface area contributed by atoms with Gasteiger partial charge in [0.05, 0.1) is 12.0 Å². The van der Waals surface area contributed by atoms with E-state index in [1.165, 1.54) is 0 Å². The molecular weight excluding hydrogens is 480 g/mol. The highest BCUT2D eigenvalue weighted by Crippen LogP contribution is 2.45. The van der Waals surface area contributed by atoms with Crippen molar-refractivity contribution in [2.45, 2.75) is 70.9 Å². The standard InChI is InChI=1S/C30H44N4O4/c1-30(2,3)23-17-34(26-24(35)18-38-27(23)26)29(37)25(19-8-6-5-7-9-19)22-16-20(10-11-21(22)28(31)36)33-14-12-32(4)13-15-33/h10-11,16,19,23,25-27H,5-9,12-15,17-18H2,1-4H3,(H2,31,36)/t23-,25-,26+,27+/m0/s1. The number of hydrogen-bond donors (Lipinski definition) is 1. The molecule has 0 aromatic heterocycles. The Kier molecular flexibility index (Phi) is 7.57. The van der Waals surface area contributed by atoms with E-state index in [1.807, 2.05) is 23.1 Å². The first-order valence-corrected chi connectivity index (χ1v) is 14.4. The number of rotatable bonds is 5. The maximum atomic E-state index is 14.7. The summed E-state index contributed by atoms with van der Waals surface area (Å²) in [5.74, 6) is -0.887. The first-order valence-electron chi connectivity index (χ1n) is 14.4. The van der Waals surface area contributed by atoms with Crippen molar-refractivity contribution in [3.63, 3.8) is 0 Å². The summed E-state index contributed by atoms with van der Waals surface area (Å²) in [6.07, 6.45) is 4.89. The number of ether oxygens (including phenoxy) is 1. The second kappa shape index (κ2) is 10.6. The van der Waals surface area contributed by atoms with Gasteiger partial charge in [-0.1, -0.05) is 40.0 Å². The minimum absolute atomic E-state index is 0.0150. The van der Waals surface area contributed by atoms with Crippen LogP contribution in [0.2, 0.25) is 0 Å². The maximum absolute atomic E-state index is 14.7. The molecule has 4 fully saturated rings. The predicted octanol–water partition coefficient (Wildman–Crippen LogP) is 3.04. The summed E-state index contributed by atoms with van der Waals surface area (Å²) in [4.78, 5) is 46.8. The minimum Gasteiger partial charge on any atom is -0.369 e. The van der Waals surface area contributed by atoms with E-state index >= 15 is 0 Å². The number of fused-ring (bicyclic) bond motifs is 1. The molecule has 4 atom stereocenters. The maximum Gasteiger partial charge on any atom is 0.249 e. The molecule has 1 aliphatic carbocycles. The molecule has 8 nitrogen and oxygen atoms in total. The van der Waals surface area contributed by atoms with E-state index in [4.69, 9.17) is 10.5 Å². The van der Waals surface area contributed by atoms with Crippen molar-refractivity contribution >= 4 is 23.3 Å². The van der Waals surface area contributed by atoms with Gasteiger partial charge in [-0.3, -0.25) is 14.4 Å². The van der Waals surface area contributed by atoms with E-state index < -0.39 is 17.9 Å². The van der Waals surface area contributed by atoms with Crippen LogP contribution in [0, 0.1) is 17.3 Å². The molecule has 208 valence electrons. The van der Waals surface area contributed by atoms with Crippen LogP contribution in [0.4, 0.5) is 5.69 Å². The van der Waals surface area contributed by atoms with Crippen LogP contribution in [-0.4, -0.2) is 85.9 Å². The number of Topliss-reactive ketones (excluding diaryl/α,β-unsaturated/α-hetero) is 1. The third-order valence-corrected chi connectivity index (χ3v) is 9.47. The monoisotopic (exact) mass is 524 g/mol. The summed E-state index contributed by atoms with van der Waals surface area (Å²) in [6, 6.07) is 5.27. The lowest BCUT2D eigenvalue weighted by molar-refractivity contribution is -0.139. The lowest BCUT2D eigenvalue weighted by Gasteiger charge is -2.37. The Hall–Kier alpha value is -2.45. The zero-order valence-electron chi connectivity index (χ0n) is 23.4. The molecule has 1 aromatic carbocycles. The molecule has 38 heavy (non-hydrogen) atoms. The molecule has 5 rings (SSSR count). The molecule has 8 heteroatoms. The fourth-order valence-corrected chi connectivity index (χ4v) is 7.18. The molecule has 2 N–H and O–H groups in total. The quantitative estimate of drug-likeness (QED) is 0.636. The zero-order chi connectivity index (χ0) is 27.2. The first kappa shape index (κ1) is 27.1. The lowest BCUT2D eigenvalue weighted by atomic mass is 9.74. The number of amides is 2. The molecular formula is C30H44N4O4. The Morgan fingerprint density at radius 2 is 1.74 bits per heavy atom. The molecule has 0 spiro atoms. The van der Waals surface area contributed by atoms with Crippen molar-refractivity contribution in [2.75, 3.05) is 51.3 Å². The second-order valence-corrected chi connectivity index (χ2v) is 13.0. The van der Waals surface area contributed by atoms with Crippen molar-refractivity contribution in [2.24, 2.45) is 23.0 Å². The number of hydrogen-bond acceptors (Lipinski definition) is 6. The Labute approximate surface area is 226 Å². The third-order valence-electron chi connectivity index (χ3n) is 9.47. The molecule has 3 heterocycles. The average Bonchev–Trinajstić information content (AvgIpc) is 3.46. The predicted molar refractivity (Wildman–Crippen MR) is 147 cm³/mol. The van der Waals surface area contributed by atoms with Gasteiger partial charge in [0, 0.05) is 49.9 Å². The van der Waals surface area contributed by atoms with Gasteiger partial charge in [0.1, 0.15) is 12.6 Å². The molecule has 0 bridgehead atoms. The summed E-state index contributed by atoms with van der Waals surface area (Å²) >= 11 is 0. The number of benzene rings is 1. The summed E-state index contributed by atoms with van der Waals surface area (Å²) in [5.41, 5.74) is 7.98. The largest absolute Gasteiger partial charge is 0.369 e. The smallest absolute Gasteiger partial charge is 0.249 e. The Morgan fingerprint density at radius 1 is 1.05 bits per heavy atom. The lowest BCUT2D eigenvalue weighted by Crippen LogP contribution is -2.46. The molecule has 0 unspecified atom stereocenters. The molecule has 2 amide bonds. The molecule has 3 saturated heterocycles. The SMILES string of the molecule is CN1CCN(c2ccc(C(N)=O)c([C@@H](C(=O)N3C[C@H](C(C)(C)C)[C@H]4OCC(=O)[C@H]43)C3CCCCC3)c2)CC1. The van der Waals surface area contributed by atoms with Crippen LogP contribution >= 0.6 is 0 Å². The number of carbonyl (C=O) groups excluding carboxylic acids is 3. The van der Waals surface area contributed by atoms with Crippen LogP contribution < -0.4 is 10.6 Å². The van der Waals surface area contributed by atoms with Gasteiger partial charge in [-0.15, -0.1) is 0 Å². The van der Waals surface area contributed by atoms with Gasteiger partial charge in [0.2, 0.25) is 11.8 Å². The molecule has 0 radical (unpaired) electrons. The van der Waals surface area contributed by atoms with E-state index in [0.29, 0.717) is 12.1 Å². The van der Waals surface area contributed by atoms with Crippen LogP contribution in [0.5, 0.6) is 0 Å². The highest BCUT2D eigenvalue weighted by molar-refractivity contribution is 5.99. The van der Waals surface area contributed by atoms with E-state index in [-0.39, 0.29) is 41.7 Å². The highest BCUT2D eigenvalue weighted by Gasteiger charge is 2.56.